The standard InChI is InChI=1S/C18H24N2O2/c19-11-1-2-12-20(13-15-3-7-17(21)8-4-15)14-16-5-9-18(22)10-6-16/h3-10,21-22H,1-2,11-14,19H2. The zero-order valence-corrected chi connectivity index (χ0v) is 12.8. The number of phenols is 2. The molecule has 0 bridgehead atoms. The molecule has 0 aliphatic rings. The number of aromatic hydroxyl groups is 2. The van der Waals surface area contributed by atoms with Crippen LogP contribution < -0.4 is 5.73 Å². The molecule has 0 unspecified atom stereocenters. The largest absolute Gasteiger partial charge is 0.508 e. The van der Waals surface area contributed by atoms with E-state index in [-0.39, 0.29) is 11.5 Å². The van der Waals surface area contributed by atoms with E-state index < -0.39 is 0 Å². The maximum absolute atomic E-state index is 9.37. The number of rotatable bonds is 8. The van der Waals surface area contributed by atoms with Crippen LogP contribution in [0.3, 0.4) is 0 Å². The summed E-state index contributed by atoms with van der Waals surface area (Å²) >= 11 is 0. The Balaban J connectivity index is 2.01. The Morgan fingerprint density at radius 3 is 1.59 bits per heavy atom. The van der Waals surface area contributed by atoms with Gasteiger partial charge >= 0.3 is 0 Å². The van der Waals surface area contributed by atoms with Crippen molar-refractivity contribution in [1.82, 2.24) is 4.90 Å². The summed E-state index contributed by atoms with van der Waals surface area (Å²) in [5, 5.41) is 18.7. The molecular formula is C18H24N2O2. The van der Waals surface area contributed by atoms with Gasteiger partial charge in [0.15, 0.2) is 0 Å². The summed E-state index contributed by atoms with van der Waals surface area (Å²) in [5.74, 6) is 0.578. The fourth-order valence-electron chi connectivity index (χ4n) is 2.41. The minimum atomic E-state index is 0.289. The van der Waals surface area contributed by atoms with Gasteiger partial charge in [-0.2, -0.15) is 0 Å². The first-order chi connectivity index (χ1) is 10.7. The molecule has 4 nitrogen and oxygen atoms in total. The van der Waals surface area contributed by atoms with Crippen LogP contribution in [0.15, 0.2) is 48.5 Å². The molecule has 0 fully saturated rings. The Hall–Kier alpha value is -2.04. The minimum absolute atomic E-state index is 0.289. The highest BCUT2D eigenvalue weighted by Crippen LogP contribution is 2.16. The molecule has 0 heterocycles. The van der Waals surface area contributed by atoms with Crippen molar-refractivity contribution < 1.29 is 10.2 Å². The van der Waals surface area contributed by atoms with Crippen molar-refractivity contribution in [3.8, 4) is 11.5 Å². The summed E-state index contributed by atoms with van der Waals surface area (Å²) in [7, 11) is 0. The highest BCUT2D eigenvalue weighted by atomic mass is 16.3. The van der Waals surface area contributed by atoms with Crippen molar-refractivity contribution in [2.24, 2.45) is 5.73 Å². The smallest absolute Gasteiger partial charge is 0.115 e. The average Bonchev–Trinajstić information content (AvgIpc) is 2.52. The summed E-state index contributed by atoms with van der Waals surface area (Å²) in [5.41, 5.74) is 7.92. The number of hydrogen-bond donors (Lipinski definition) is 3. The van der Waals surface area contributed by atoms with E-state index in [1.54, 1.807) is 24.3 Å². The topological polar surface area (TPSA) is 69.7 Å². The van der Waals surface area contributed by atoms with E-state index in [4.69, 9.17) is 5.73 Å². The third-order valence-corrected chi connectivity index (χ3v) is 3.61. The van der Waals surface area contributed by atoms with Crippen LogP contribution in [-0.4, -0.2) is 28.2 Å². The predicted molar refractivity (Wildman–Crippen MR) is 88.6 cm³/mol. The maximum Gasteiger partial charge on any atom is 0.115 e. The van der Waals surface area contributed by atoms with Gasteiger partial charge < -0.3 is 15.9 Å². The first kappa shape index (κ1) is 16.3. The molecule has 0 aromatic heterocycles. The SMILES string of the molecule is NCCCCN(Cc1ccc(O)cc1)Cc1ccc(O)cc1. The van der Waals surface area contributed by atoms with Gasteiger partial charge in [0.2, 0.25) is 0 Å². The molecule has 4 N–H and O–H groups in total. The highest BCUT2D eigenvalue weighted by molar-refractivity contribution is 5.27. The van der Waals surface area contributed by atoms with Gasteiger partial charge in [-0.15, -0.1) is 0 Å². The lowest BCUT2D eigenvalue weighted by atomic mass is 10.1. The van der Waals surface area contributed by atoms with E-state index in [9.17, 15) is 10.2 Å². The normalized spacial score (nSPS) is 11.0. The van der Waals surface area contributed by atoms with Crippen LogP contribution in [0, 0.1) is 0 Å². The molecule has 4 heteroatoms. The van der Waals surface area contributed by atoms with Crippen molar-refractivity contribution in [2.75, 3.05) is 13.1 Å². The van der Waals surface area contributed by atoms with Gasteiger partial charge in [-0.05, 0) is 61.3 Å². The van der Waals surface area contributed by atoms with Crippen molar-refractivity contribution in [3.63, 3.8) is 0 Å². The Kier molecular flexibility index (Phi) is 6.25. The van der Waals surface area contributed by atoms with E-state index in [0.29, 0.717) is 6.54 Å². The number of nitrogens with two attached hydrogens (primary N) is 1. The van der Waals surface area contributed by atoms with Gasteiger partial charge in [0.25, 0.3) is 0 Å². The second-order valence-corrected chi connectivity index (χ2v) is 5.54. The molecule has 0 saturated carbocycles. The van der Waals surface area contributed by atoms with Crippen LogP contribution in [0.1, 0.15) is 24.0 Å². The zero-order chi connectivity index (χ0) is 15.8. The van der Waals surface area contributed by atoms with Gasteiger partial charge in [-0.25, -0.2) is 0 Å². The van der Waals surface area contributed by atoms with Crippen LogP contribution >= 0.6 is 0 Å². The number of hydrogen-bond acceptors (Lipinski definition) is 4. The predicted octanol–water partition coefficient (Wildman–Crippen LogP) is 2.84. The second kappa shape index (κ2) is 8.41. The molecule has 0 atom stereocenters. The molecule has 0 radical (unpaired) electrons. The molecule has 118 valence electrons. The Morgan fingerprint density at radius 1 is 0.727 bits per heavy atom. The Labute approximate surface area is 131 Å². The molecule has 0 aliphatic heterocycles. The molecule has 2 aromatic carbocycles. The van der Waals surface area contributed by atoms with Crippen LogP contribution in [0.5, 0.6) is 11.5 Å². The molecule has 0 amide bonds. The van der Waals surface area contributed by atoms with E-state index in [1.165, 1.54) is 11.1 Å². The number of benzene rings is 2. The van der Waals surface area contributed by atoms with Crippen LogP contribution in [-0.2, 0) is 13.1 Å². The van der Waals surface area contributed by atoms with E-state index in [2.05, 4.69) is 4.90 Å². The van der Waals surface area contributed by atoms with Crippen LogP contribution in [0.2, 0.25) is 0 Å². The summed E-state index contributed by atoms with van der Waals surface area (Å²) in [6.07, 6.45) is 2.08. The van der Waals surface area contributed by atoms with Crippen molar-refractivity contribution in [2.45, 2.75) is 25.9 Å². The summed E-state index contributed by atoms with van der Waals surface area (Å²) in [6.45, 7) is 3.34. The van der Waals surface area contributed by atoms with Crippen molar-refractivity contribution in [1.29, 1.82) is 0 Å². The van der Waals surface area contributed by atoms with Gasteiger partial charge in [-0.1, -0.05) is 24.3 Å². The summed E-state index contributed by atoms with van der Waals surface area (Å²) in [4.78, 5) is 2.36. The highest BCUT2D eigenvalue weighted by Gasteiger charge is 2.07. The van der Waals surface area contributed by atoms with Crippen molar-refractivity contribution in [3.05, 3.63) is 59.7 Å². The molecule has 0 aliphatic carbocycles. The zero-order valence-electron chi connectivity index (χ0n) is 12.8. The fourth-order valence-corrected chi connectivity index (χ4v) is 2.41. The third-order valence-electron chi connectivity index (χ3n) is 3.61. The molecule has 22 heavy (non-hydrogen) atoms. The Bertz CT molecular complexity index is 505. The number of nitrogens with zero attached hydrogens (tertiary/aromatic N) is 1. The van der Waals surface area contributed by atoms with E-state index in [1.807, 2.05) is 24.3 Å². The van der Waals surface area contributed by atoms with Gasteiger partial charge in [0.1, 0.15) is 11.5 Å². The van der Waals surface area contributed by atoms with Gasteiger partial charge in [-0.3, -0.25) is 4.90 Å². The second-order valence-electron chi connectivity index (χ2n) is 5.54. The lowest BCUT2D eigenvalue weighted by molar-refractivity contribution is 0.251. The average molecular weight is 300 g/mol. The number of unbranched alkanes of at least 4 members (excludes halogenated alkanes) is 1. The van der Waals surface area contributed by atoms with Crippen LogP contribution in [0.4, 0.5) is 0 Å². The molecular weight excluding hydrogens is 276 g/mol. The lowest BCUT2D eigenvalue weighted by Gasteiger charge is -2.22. The maximum atomic E-state index is 9.37. The molecule has 0 spiro atoms. The molecule has 0 saturated heterocycles. The monoisotopic (exact) mass is 300 g/mol. The lowest BCUT2D eigenvalue weighted by Crippen LogP contribution is -2.24. The Morgan fingerprint density at radius 2 is 1.18 bits per heavy atom. The van der Waals surface area contributed by atoms with Crippen LogP contribution in [0.25, 0.3) is 0 Å². The van der Waals surface area contributed by atoms with E-state index >= 15 is 0 Å². The number of phenolic OH excluding ortho intramolecular Hbond substituents is 2. The molecule has 2 aromatic rings. The van der Waals surface area contributed by atoms with E-state index in [0.717, 1.165) is 32.5 Å². The first-order valence-corrected chi connectivity index (χ1v) is 7.65. The van der Waals surface area contributed by atoms with Gasteiger partial charge in [0, 0.05) is 13.1 Å². The van der Waals surface area contributed by atoms with Gasteiger partial charge in [0.05, 0.1) is 0 Å². The fraction of sp³-hybridized carbons (Fsp3) is 0.333. The molecule has 2 rings (SSSR count). The third kappa shape index (κ3) is 5.39. The quantitative estimate of drug-likeness (QED) is 0.656. The first-order valence-electron chi connectivity index (χ1n) is 7.65. The van der Waals surface area contributed by atoms with Crippen molar-refractivity contribution >= 4 is 0 Å². The summed E-state index contributed by atoms with van der Waals surface area (Å²) in [6, 6.07) is 14.7. The minimum Gasteiger partial charge on any atom is -0.508 e. The summed E-state index contributed by atoms with van der Waals surface area (Å²) < 4.78 is 0.